The lowest BCUT2D eigenvalue weighted by atomic mass is 9.87. The number of amides is 1. The first-order chi connectivity index (χ1) is 19.7. The third-order valence-electron chi connectivity index (χ3n) is 8.04. The van der Waals surface area contributed by atoms with Crippen molar-refractivity contribution in [1.82, 2.24) is 14.5 Å². The monoisotopic (exact) mass is 529 g/mol. The van der Waals surface area contributed by atoms with Gasteiger partial charge in [-0.25, -0.2) is 4.98 Å². The highest BCUT2D eigenvalue weighted by Gasteiger charge is 2.27. The molecule has 2 heterocycles. The van der Waals surface area contributed by atoms with Gasteiger partial charge in [0.1, 0.15) is 18.2 Å². The number of hydrogen-bond donors (Lipinski definition) is 0. The van der Waals surface area contributed by atoms with Crippen LogP contribution in [0.1, 0.15) is 42.1 Å². The summed E-state index contributed by atoms with van der Waals surface area (Å²) in [6, 6.07) is 39.0. The van der Waals surface area contributed by atoms with Crippen molar-refractivity contribution in [2.45, 2.75) is 38.3 Å². The third-order valence-corrected chi connectivity index (χ3v) is 8.04. The van der Waals surface area contributed by atoms with Gasteiger partial charge in [-0.1, -0.05) is 91.0 Å². The molecule has 0 bridgehead atoms. The lowest BCUT2D eigenvalue weighted by molar-refractivity contribution is -0.132. The van der Waals surface area contributed by atoms with E-state index in [-0.39, 0.29) is 11.8 Å². The van der Waals surface area contributed by atoms with E-state index in [4.69, 9.17) is 9.72 Å². The Morgan fingerprint density at radius 3 is 2.00 bits per heavy atom. The Morgan fingerprint density at radius 1 is 0.775 bits per heavy atom. The van der Waals surface area contributed by atoms with Gasteiger partial charge in [0.2, 0.25) is 5.91 Å². The summed E-state index contributed by atoms with van der Waals surface area (Å²) in [5.74, 6) is 2.57. The molecule has 6 rings (SSSR count). The van der Waals surface area contributed by atoms with E-state index >= 15 is 0 Å². The second-order valence-corrected chi connectivity index (χ2v) is 10.6. The number of ether oxygens (including phenoxy) is 1. The first-order valence-electron chi connectivity index (χ1n) is 14.2. The number of hydrogen-bond acceptors (Lipinski definition) is 3. The van der Waals surface area contributed by atoms with Crippen LogP contribution < -0.4 is 4.74 Å². The van der Waals surface area contributed by atoms with E-state index < -0.39 is 0 Å². The van der Waals surface area contributed by atoms with Crippen LogP contribution in [0.25, 0.3) is 11.0 Å². The first-order valence-corrected chi connectivity index (χ1v) is 14.2. The van der Waals surface area contributed by atoms with Gasteiger partial charge in [-0.2, -0.15) is 0 Å². The van der Waals surface area contributed by atoms with Crippen LogP contribution in [-0.2, 0) is 17.9 Å². The highest BCUT2D eigenvalue weighted by Crippen LogP contribution is 2.30. The van der Waals surface area contributed by atoms with Crippen molar-refractivity contribution in [2.24, 2.45) is 5.92 Å². The number of imidazole rings is 1. The topological polar surface area (TPSA) is 47.4 Å². The van der Waals surface area contributed by atoms with Crippen LogP contribution >= 0.6 is 0 Å². The highest BCUT2D eigenvalue weighted by atomic mass is 16.5. The second-order valence-electron chi connectivity index (χ2n) is 10.6. The fourth-order valence-electron chi connectivity index (χ4n) is 5.83. The van der Waals surface area contributed by atoms with Crippen molar-refractivity contribution in [1.29, 1.82) is 0 Å². The number of nitrogens with zero attached hydrogens (tertiary/aromatic N) is 3. The predicted molar refractivity (Wildman–Crippen MR) is 159 cm³/mol. The molecular formula is C35H35N3O2. The fraction of sp³-hybridized carbons (Fsp3) is 0.257. The minimum Gasteiger partial charge on any atom is -0.486 e. The zero-order chi connectivity index (χ0) is 27.1. The summed E-state index contributed by atoms with van der Waals surface area (Å²) in [6.45, 7) is 2.90. The van der Waals surface area contributed by atoms with E-state index in [1.54, 1.807) is 0 Å². The summed E-state index contributed by atoms with van der Waals surface area (Å²) in [5.41, 5.74) is 4.51. The minimum atomic E-state index is 0.0668. The van der Waals surface area contributed by atoms with Crippen LogP contribution in [0.4, 0.5) is 0 Å². The first kappa shape index (κ1) is 25.9. The molecule has 1 saturated heterocycles. The zero-order valence-electron chi connectivity index (χ0n) is 22.7. The van der Waals surface area contributed by atoms with Crippen molar-refractivity contribution < 1.29 is 9.53 Å². The van der Waals surface area contributed by atoms with Crippen LogP contribution in [0, 0.1) is 5.92 Å². The summed E-state index contributed by atoms with van der Waals surface area (Å²) in [7, 11) is 0. The number of carbonyl (C=O) groups excluding carboxylic acids is 1. The van der Waals surface area contributed by atoms with Gasteiger partial charge in [0.05, 0.1) is 11.0 Å². The lowest BCUT2D eigenvalue weighted by Gasteiger charge is -2.33. The molecule has 0 saturated carbocycles. The molecule has 1 aromatic heterocycles. The number of para-hydroxylation sites is 3. The molecule has 4 aromatic carbocycles. The quantitative estimate of drug-likeness (QED) is 0.205. The van der Waals surface area contributed by atoms with E-state index in [0.29, 0.717) is 18.9 Å². The van der Waals surface area contributed by atoms with Crippen LogP contribution in [0.15, 0.2) is 115 Å². The van der Waals surface area contributed by atoms with Crippen LogP contribution in [0.2, 0.25) is 0 Å². The van der Waals surface area contributed by atoms with Crippen molar-refractivity contribution in [3.63, 3.8) is 0 Å². The number of piperidine rings is 1. The van der Waals surface area contributed by atoms with Gasteiger partial charge in [-0.05, 0) is 54.2 Å². The maximum absolute atomic E-state index is 13.5. The third kappa shape index (κ3) is 5.94. The molecule has 1 fully saturated rings. The smallest absolute Gasteiger partial charge is 0.223 e. The van der Waals surface area contributed by atoms with Crippen molar-refractivity contribution >= 4 is 16.9 Å². The molecule has 0 unspecified atom stereocenters. The molecule has 1 aliphatic heterocycles. The molecule has 0 spiro atoms. The number of likely N-dealkylation sites (tertiary alicyclic amines) is 1. The second kappa shape index (κ2) is 12.2. The van der Waals surface area contributed by atoms with E-state index in [9.17, 15) is 4.79 Å². The maximum atomic E-state index is 13.5. The van der Waals surface area contributed by atoms with Gasteiger partial charge in [-0.3, -0.25) is 4.79 Å². The van der Waals surface area contributed by atoms with Gasteiger partial charge in [0, 0.05) is 32.0 Å². The lowest BCUT2D eigenvalue weighted by Crippen LogP contribution is -2.40. The Hall–Kier alpha value is -4.38. The number of rotatable bonds is 9. The molecule has 5 nitrogen and oxygen atoms in total. The van der Waals surface area contributed by atoms with Crippen molar-refractivity contribution in [3.05, 3.63) is 132 Å². The normalized spacial score (nSPS) is 14.1. The molecule has 0 radical (unpaired) electrons. The van der Waals surface area contributed by atoms with E-state index in [2.05, 4.69) is 76.2 Å². The summed E-state index contributed by atoms with van der Waals surface area (Å²) in [6.07, 6.45) is 2.46. The van der Waals surface area contributed by atoms with E-state index in [0.717, 1.165) is 55.1 Å². The van der Waals surface area contributed by atoms with Crippen LogP contribution in [0.3, 0.4) is 0 Å². The maximum Gasteiger partial charge on any atom is 0.223 e. The van der Waals surface area contributed by atoms with Gasteiger partial charge in [0.15, 0.2) is 0 Å². The molecule has 40 heavy (non-hydrogen) atoms. The Bertz CT molecular complexity index is 1490. The fourth-order valence-corrected chi connectivity index (χ4v) is 5.83. The zero-order valence-corrected chi connectivity index (χ0v) is 22.7. The van der Waals surface area contributed by atoms with E-state index in [1.165, 1.54) is 11.1 Å². The van der Waals surface area contributed by atoms with Gasteiger partial charge in [-0.15, -0.1) is 0 Å². The Kier molecular flexibility index (Phi) is 7.90. The number of aromatic nitrogens is 2. The van der Waals surface area contributed by atoms with Crippen molar-refractivity contribution in [3.8, 4) is 5.75 Å². The number of fused-ring (bicyclic) bond motifs is 1. The summed E-state index contributed by atoms with van der Waals surface area (Å²) in [5, 5.41) is 0. The minimum absolute atomic E-state index is 0.0668. The Labute approximate surface area is 236 Å². The molecule has 1 aliphatic rings. The Morgan fingerprint density at radius 2 is 1.35 bits per heavy atom. The van der Waals surface area contributed by atoms with Crippen molar-refractivity contribution in [2.75, 3.05) is 13.1 Å². The summed E-state index contributed by atoms with van der Waals surface area (Å²) < 4.78 is 8.39. The molecule has 1 amide bonds. The van der Waals surface area contributed by atoms with Crippen LogP contribution in [0.5, 0.6) is 5.75 Å². The number of benzene rings is 4. The van der Waals surface area contributed by atoms with Crippen LogP contribution in [-0.4, -0.2) is 33.4 Å². The molecule has 5 aromatic rings. The average Bonchev–Trinajstić information content (AvgIpc) is 3.37. The average molecular weight is 530 g/mol. The molecule has 202 valence electrons. The molecular weight excluding hydrogens is 494 g/mol. The summed E-state index contributed by atoms with van der Waals surface area (Å²) in [4.78, 5) is 20.5. The molecule has 0 atom stereocenters. The standard InChI is InChI=1S/C35H35N3O2/c39-35(24-31(28-12-4-1-5-13-28)29-14-6-2-7-15-29)37-22-20-27(21-23-37)25-38-33-19-11-10-18-32(33)36-34(38)26-40-30-16-8-3-9-17-30/h1-19,27,31H,20-26H2. The molecule has 0 aliphatic carbocycles. The summed E-state index contributed by atoms with van der Waals surface area (Å²) >= 11 is 0. The largest absolute Gasteiger partial charge is 0.486 e. The highest BCUT2D eigenvalue weighted by molar-refractivity contribution is 5.78. The van der Waals surface area contributed by atoms with Gasteiger partial charge >= 0.3 is 0 Å². The molecule has 0 N–H and O–H groups in total. The number of carbonyl (C=O) groups is 1. The molecule has 5 heteroatoms. The van der Waals surface area contributed by atoms with E-state index in [1.807, 2.05) is 48.5 Å². The van der Waals surface area contributed by atoms with Gasteiger partial charge < -0.3 is 14.2 Å². The SMILES string of the molecule is O=C(CC(c1ccccc1)c1ccccc1)N1CCC(Cn2c(COc3ccccc3)nc3ccccc32)CC1. The van der Waals surface area contributed by atoms with Gasteiger partial charge in [0.25, 0.3) is 0 Å². The Balaban J connectivity index is 1.11. The predicted octanol–water partition coefficient (Wildman–Crippen LogP) is 7.08.